The number of hydrogen-bond acceptors (Lipinski definition) is 2. The molecule has 0 bridgehead atoms. The Bertz CT molecular complexity index is 177. The van der Waals surface area contributed by atoms with E-state index in [4.69, 9.17) is 5.73 Å². The molecule has 2 rings (SSSR count). The first-order valence-corrected chi connectivity index (χ1v) is 6.50. The van der Waals surface area contributed by atoms with Crippen LogP contribution in [0.25, 0.3) is 0 Å². The summed E-state index contributed by atoms with van der Waals surface area (Å²) in [6.07, 6.45) is 9.76. The van der Waals surface area contributed by atoms with Gasteiger partial charge in [-0.1, -0.05) is 12.2 Å². The van der Waals surface area contributed by atoms with E-state index < -0.39 is 0 Å². The van der Waals surface area contributed by atoms with E-state index in [0.29, 0.717) is 6.04 Å². The number of nitrogens with two attached hydrogens (primary N) is 1. The van der Waals surface area contributed by atoms with E-state index in [0.717, 1.165) is 11.8 Å². The predicted molar refractivity (Wildman–Crippen MR) is 59.9 cm³/mol. The van der Waals surface area contributed by atoms with E-state index in [1.807, 2.05) is 0 Å². The number of allylic oxidation sites excluding steroid dienone is 2. The molecule has 0 aromatic carbocycles. The maximum absolute atomic E-state index is 6.22. The molecule has 0 radical (unpaired) electrons. The van der Waals surface area contributed by atoms with Crippen LogP contribution < -0.4 is 5.73 Å². The summed E-state index contributed by atoms with van der Waals surface area (Å²) in [7, 11) is 0. The first-order valence-electron chi connectivity index (χ1n) is 5.34. The fraction of sp³-hybridized carbons (Fsp3) is 0.818. The van der Waals surface area contributed by atoms with Crippen molar-refractivity contribution in [2.45, 2.75) is 31.7 Å². The number of rotatable bonds is 3. The standard InChI is InChI=1S/C11H19NS/c12-11(10-5-6-13-8-10)7-9-3-1-2-4-9/h1-2,9-11H,3-8,12H2. The quantitative estimate of drug-likeness (QED) is 0.703. The predicted octanol–water partition coefficient (Wildman–Crippen LogP) is 2.42. The van der Waals surface area contributed by atoms with Crippen molar-refractivity contribution in [3.8, 4) is 0 Å². The van der Waals surface area contributed by atoms with Crippen LogP contribution in [0.4, 0.5) is 0 Å². The van der Waals surface area contributed by atoms with Crippen LogP contribution in [0.1, 0.15) is 25.7 Å². The van der Waals surface area contributed by atoms with Gasteiger partial charge in [0.25, 0.3) is 0 Å². The average molecular weight is 197 g/mol. The molecule has 1 nitrogen and oxygen atoms in total. The smallest absolute Gasteiger partial charge is 0.00781 e. The van der Waals surface area contributed by atoms with Crippen molar-refractivity contribution in [2.24, 2.45) is 17.6 Å². The lowest BCUT2D eigenvalue weighted by atomic mass is 9.89. The third-order valence-electron chi connectivity index (χ3n) is 3.28. The fourth-order valence-corrected chi connectivity index (χ4v) is 3.69. The van der Waals surface area contributed by atoms with Crippen molar-refractivity contribution in [3.05, 3.63) is 12.2 Å². The van der Waals surface area contributed by atoms with Gasteiger partial charge in [0.2, 0.25) is 0 Å². The Morgan fingerprint density at radius 1 is 1.38 bits per heavy atom. The molecule has 1 fully saturated rings. The van der Waals surface area contributed by atoms with Crippen LogP contribution >= 0.6 is 11.8 Å². The van der Waals surface area contributed by atoms with E-state index in [-0.39, 0.29) is 0 Å². The van der Waals surface area contributed by atoms with E-state index in [9.17, 15) is 0 Å². The van der Waals surface area contributed by atoms with Gasteiger partial charge in [-0.2, -0.15) is 11.8 Å². The summed E-state index contributed by atoms with van der Waals surface area (Å²) in [6, 6.07) is 0.472. The molecule has 2 N–H and O–H groups in total. The minimum absolute atomic E-state index is 0.472. The fourth-order valence-electron chi connectivity index (χ4n) is 2.33. The second-order valence-electron chi connectivity index (χ2n) is 4.33. The van der Waals surface area contributed by atoms with E-state index >= 15 is 0 Å². The Hall–Kier alpha value is 0.0500. The number of hydrogen-bond donors (Lipinski definition) is 1. The van der Waals surface area contributed by atoms with Crippen molar-refractivity contribution in [2.75, 3.05) is 11.5 Å². The second-order valence-corrected chi connectivity index (χ2v) is 5.48. The van der Waals surface area contributed by atoms with Crippen LogP contribution in [0, 0.1) is 11.8 Å². The highest BCUT2D eigenvalue weighted by Crippen LogP contribution is 2.30. The van der Waals surface area contributed by atoms with Gasteiger partial charge < -0.3 is 5.73 Å². The molecule has 0 aromatic heterocycles. The minimum Gasteiger partial charge on any atom is -0.327 e. The Morgan fingerprint density at radius 3 is 2.77 bits per heavy atom. The van der Waals surface area contributed by atoms with Gasteiger partial charge >= 0.3 is 0 Å². The third kappa shape index (κ3) is 2.50. The lowest BCUT2D eigenvalue weighted by molar-refractivity contribution is 0.371. The molecular weight excluding hydrogens is 178 g/mol. The highest BCUT2D eigenvalue weighted by Gasteiger charge is 2.25. The summed E-state index contributed by atoms with van der Waals surface area (Å²) in [4.78, 5) is 0. The van der Waals surface area contributed by atoms with Crippen LogP contribution in [-0.2, 0) is 0 Å². The van der Waals surface area contributed by atoms with Crippen LogP contribution in [0.3, 0.4) is 0 Å². The summed E-state index contributed by atoms with van der Waals surface area (Å²) in [5.41, 5.74) is 6.22. The molecule has 0 spiro atoms. The number of thioether (sulfide) groups is 1. The van der Waals surface area contributed by atoms with Gasteiger partial charge in [0.1, 0.15) is 0 Å². The zero-order valence-electron chi connectivity index (χ0n) is 8.11. The molecule has 1 saturated heterocycles. The van der Waals surface area contributed by atoms with E-state index in [1.54, 1.807) is 0 Å². The summed E-state index contributed by atoms with van der Waals surface area (Å²) in [6.45, 7) is 0. The zero-order valence-corrected chi connectivity index (χ0v) is 8.93. The van der Waals surface area contributed by atoms with Gasteiger partial charge in [-0.25, -0.2) is 0 Å². The molecule has 1 heterocycles. The van der Waals surface area contributed by atoms with Gasteiger partial charge in [-0.15, -0.1) is 0 Å². The molecule has 2 unspecified atom stereocenters. The molecule has 0 saturated carbocycles. The molecule has 2 aliphatic rings. The average Bonchev–Trinajstić information content (AvgIpc) is 2.74. The first-order chi connectivity index (χ1) is 6.36. The first kappa shape index (κ1) is 9.60. The lowest BCUT2D eigenvalue weighted by Gasteiger charge is -2.21. The molecule has 2 heteroatoms. The molecule has 1 aliphatic heterocycles. The maximum Gasteiger partial charge on any atom is 0.00781 e. The topological polar surface area (TPSA) is 26.0 Å². The van der Waals surface area contributed by atoms with Crippen LogP contribution in [0.5, 0.6) is 0 Å². The highest BCUT2D eigenvalue weighted by atomic mass is 32.2. The summed E-state index contributed by atoms with van der Waals surface area (Å²) >= 11 is 2.07. The van der Waals surface area contributed by atoms with Crippen molar-refractivity contribution >= 4 is 11.8 Å². The van der Waals surface area contributed by atoms with Crippen LogP contribution in [0.15, 0.2) is 12.2 Å². The molecule has 1 aliphatic carbocycles. The lowest BCUT2D eigenvalue weighted by Crippen LogP contribution is -2.31. The summed E-state index contributed by atoms with van der Waals surface area (Å²) < 4.78 is 0. The molecule has 0 amide bonds. The van der Waals surface area contributed by atoms with Crippen LogP contribution in [-0.4, -0.2) is 17.5 Å². The van der Waals surface area contributed by atoms with Crippen molar-refractivity contribution in [1.82, 2.24) is 0 Å². The zero-order chi connectivity index (χ0) is 9.10. The normalized spacial score (nSPS) is 31.3. The van der Waals surface area contributed by atoms with Gasteiger partial charge in [0.15, 0.2) is 0 Å². The summed E-state index contributed by atoms with van der Waals surface area (Å²) in [5, 5.41) is 0. The molecule has 13 heavy (non-hydrogen) atoms. The van der Waals surface area contributed by atoms with Gasteiger partial charge in [-0.3, -0.25) is 0 Å². The second kappa shape index (κ2) is 4.52. The Kier molecular flexibility index (Phi) is 3.33. The molecule has 2 atom stereocenters. The minimum atomic E-state index is 0.472. The van der Waals surface area contributed by atoms with E-state index in [2.05, 4.69) is 23.9 Å². The maximum atomic E-state index is 6.22. The Labute approximate surface area is 85.2 Å². The van der Waals surface area contributed by atoms with Crippen molar-refractivity contribution < 1.29 is 0 Å². The van der Waals surface area contributed by atoms with Crippen molar-refractivity contribution in [1.29, 1.82) is 0 Å². The molecule has 74 valence electrons. The van der Waals surface area contributed by atoms with Gasteiger partial charge in [0.05, 0.1) is 0 Å². The van der Waals surface area contributed by atoms with Gasteiger partial charge in [0, 0.05) is 6.04 Å². The molecule has 0 aromatic rings. The third-order valence-corrected chi connectivity index (χ3v) is 4.47. The summed E-state index contributed by atoms with van der Waals surface area (Å²) in [5.74, 6) is 4.31. The Balaban J connectivity index is 1.73. The van der Waals surface area contributed by atoms with Gasteiger partial charge in [-0.05, 0) is 49.0 Å². The SMILES string of the molecule is NC(CC1CC=CC1)C1CCSC1. The van der Waals surface area contributed by atoms with E-state index in [1.165, 1.54) is 37.2 Å². The van der Waals surface area contributed by atoms with Crippen molar-refractivity contribution in [3.63, 3.8) is 0 Å². The largest absolute Gasteiger partial charge is 0.327 e. The molecular formula is C11H19NS. The monoisotopic (exact) mass is 197 g/mol. The Morgan fingerprint density at radius 2 is 2.15 bits per heavy atom. The van der Waals surface area contributed by atoms with Crippen LogP contribution in [0.2, 0.25) is 0 Å². The highest BCUT2D eigenvalue weighted by molar-refractivity contribution is 7.99.